The van der Waals surface area contributed by atoms with E-state index in [0.29, 0.717) is 0 Å². The number of anilines is 1. The number of imidazole rings is 1. The molecule has 2 heterocycles. The van der Waals surface area contributed by atoms with E-state index < -0.39 is 0 Å². The van der Waals surface area contributed by atoms with Crippen molar-refractivity contribution < 1.29 is 4.79 Å². The van der Waals surface area contributed by atoms with E-state index in [4.69, 9.17) is 0 Å². The van der Waals surface area contributed by atoms with Gasteiger partial charge in [0.2, 0.25) is 5.91 Å². The molecule has 0 fully saturated rings. The van der Waals surface area contributed by atoms with Crippen molar-refractivity contribution in [2.24, 2.45) is 5.92 Å². The van der Waals surface area contributed by atoms with Gasteiger partial charge in [-0.3, -0.25) is 9.69 Å². The number of hydrogen-bond acceptors (Lipinski definition) is 3. The molecule has 3 aromatic rings. The zero-order valence-corrected chi connectivity index (χ0v) is 18.6. The molecule has 0 spiro atoms. The first-order valence-electron chi connectivity index (χ1n) is 11.3. The molecule has 0 radical (unpaired) electrons. The first kappa shape index (κ1) is 21.3. The van der Waals surface area contributed by atoms with E-state index in [9.17, 15) is 4.79 Å². The minimum atomic E-state index is -0.0337. The number of rotatable bonds is 8. The van der Waals surface area contributed by atoms with Gasteiger partial charge in [-0.1, -0.05) is 50.3 Å². The van der Waals surface area contributed by atoms with Crippen molar-refractivity contribution in [3.05, 3.63) is 66.5 Å². The van der Waals surface area contributed by atoms with Gasteiger partial charge in [0, 0.05) is 31.2 Å². The average Bonchev–Trinajstić information content (AvgIpc) is 3.20. The van der Waals surface area contributed by atoms with Gasteiger partial charge in [0.15, 0.2) is 0 Å². The number of unbranched alkanes of at least 4 members (excludes halogenated alkanes) is 1. The van der Waals surface area contributed by atoms with Crippen molar-refractivity contribution in [3.8, 4) is 0 Å². The molecule has 0 aliphatic carbocycles. The summed E-state index contributed by atoms with van der Waals surface area (Å²) in [4.78, 5) is 19.0. The van der Waals surface area contributed by atoms with E-state index in [2.05, 4.69) is 62.2 Å². The van der Waals surface area contributed by atoms with Crippen molar-refractivity contribution >= 4 is 28.2 Å². The molecule has 0 bridgehead atoms. The first-order valence-corrected chi connectivity index (χ1v) is 11.3. The van der Waals surface area contributed by atoms with Crippen LogP contribution in [0.3, 0.4) is 0 Å². The zero-order valence-electron chi connectivity index (χ0n) is 18.6. The molecule has 4 rings (SSSR count). The summed E-state index contributed by atoms with van der Waals surface area (Å²) in [5, 5.41) is 2.95. The maximum atomic E-state index is 11.9. The molecule has 31 heavy (non-hydrogen) atoms. The highest BCUT2D eigenvalue weighted by molar-refractivity contribution is 5.94. The Morgan fingerprint density at radius 1 is 1.10 bits per heavy atom. The number of carbonyl (C=O) groups excluding carboxylic acids is 1. The van der Waals surface area contributed by atoms with Crippen LogP contribution in [-0.4, -0.2) is 40.0 Å². The predicted molar refractivity (Wildman–Crippen MR) is 128 cm³/mol. The molecular weight excluding hydrogens is 384 g/mol. The quantitative estimate of drug-likeness (QED) is 0.514. The van der Waals surface area contributed by atoms with Crippen molar-refractivity contribution in [1.29, 1.82) is 0 Å². The summed E-state index contributed by atoms with van der Waals surface area (Å²) in [6, 6.07) is 16.7. The lowest BCUT2D eigenvalue weighted by Crippen LogP contribution is -2.29. The van der Waals surface area contributed by atoms with E-state index in [0.717, 1.165) is 55.7 Å². The van der Waals surface area contributed by atoms with Gasteiger partial charge in [-0.15, -0.1) is 0 Å². The highest BCUT2D eigenvalue weighted by Gasteiger charge is 2.13. The van der Waals surface area contributed by atoms with Crippen LogP contribution in [0, 0.1) is 5.92 Å². The first-order chi connectivity index (χ1) is 15.1. The van der Waals surface area contributed by atoms with Crippen LogP contribution < -0.4 is 5.32 Å². The molecule has 1 aliphatic rings. The maximum absolute atomic E-state index is 11.9. The van der Waals surface area contributed by atoms with E-state index in [1.54, 1.807) is 0 Å². The monoisotopic (exact) mass is 416 g/mol. The fourth-order valence-electron chi connectivity index (χ4n) is 4.05. The Bertz CT molecular complexity index is 1050. The summed E-state index contributed by atoms with van der Waals surface area (Å²) >= 11 is 0. The number of hydrogen-bond donors (Lipinski definition) is 1. The van der Waals surface area contributed by atoms with Crippen LogP contribution >= 0.6 is 0 Å². The largest absolute Gasteiger partial charge is 0.331 e. The molecule has 1 aliphatic heterocycles. The summed E-state index contributed by atoms with van der Waals surface area (Å²) in [7, 11) is 0. The zero-order chi connectivity index (χ0) is 21.6. The number of amides is 1. The minimum absolute atomic E-state index is 0.0298. The second-order valence-corrected chi connectivity index (χ2v) is 8.64. The Morgan fingerprint density at radius 2 is 1.90 bits per heavy atom. The minimum Gasteiger partial charge on any atom is -0.331 e. The third-order valence-electron chi connectivity index (χ3n) is 5.97. The van der Waals surface area contributed by atoms with Crippen molar-refractivity contribution in [3.63, 3.8) is 0 Å². The summed E-state index contributed by atoms with van der Waals surface area (Å²) in [5.41, 5.74) is 5.70. The van der Waals surface area contributed by atoms with E-state index in [1.807, 2.05) is 32.3 Å². The van der Waals surface area contributed by atoms with Gasteiger partial charge < -0.3 is 9.88 Å². The summed E-state index contributed by atoms with van der Waals surface area (Å²) < 4.78 is 2.22. The van der Waals surface area contributed by atoms with Gasteiger partial charge in [-0.2, -0.15) is 0 Å². The fraction of sp³-hybridized carbons (Fsp3) is 0.385. The molecule has 1 amide bonds. The van der Waals surface area contributed by atoms with Crippen LogP contribution in [0.25, 0.3) is 16.6 Å². The summed E-state index contributed by atoms with van der Waals surface area (Å²) in [5.74, 6) is -0.00388. The summed E-state index contributed by atoms with van der Waals surface area (Å²) in [6.45, 7) is 8.07. The molecule has 2 aromatic carbocycles. The van der Waals surface area contributed by atoms with Crippen LogP contribution in [0.15, 0.2) is 60.9 Å². The van der Waals surface area contributed by atoms with E-state index in [1.165, 1.54) is 17.6 Å². The Labute approximate surface area is 184 Å². The van der Waals surface area contributed by atoms with Gasteiger partial charge in [-0.05, 0) is 55.1 Å². The smallest absolute Gasteiger partial charge is 0.226 e. The van der Waals surface area contributed by atoms with Gasteiger partial charge in [0.1, 0.15) is 0 Å². The van der Waals surface area contributed by atoms with Crippen LogP contribution in [0.2, 0.25) is 0 Å². The second kappa shape index (κ2) is 9.92. The predicted octanol–water partition coefficient (Wildman–Crippen LogP) is 5.20. The number of nitrogens with one attached hydrogen (secondary N) is 1. The molecule has 0 saturated carbocycles. The highest BCUT2D eigenvalue weighted by atomic mass is 16.1. The van der Waals surface area contributed by atoms with E-state index in [-0.39, 0.29) is 11.8 Å². The lowest BCUT2D eigenvalue weighted by atomic mass is 9.99. The third kappa shape index (κ3) is 5.42. The molecule has 0 atom stereocenters. The topological polar surface area (TPSA) is 50.2 Å². The standard InChI is InChI=1S/C26H32N4O/c1-20(2)26(31)28-23-10-11-25-24(18-23)27-19-30(25)15-7-6-14-29-16-12-22(13-17-29)21-8-4-3-5-9-21/h3-5,8-12,18-20H,6-7,13-17H2,1-2H3,(H,28,31). The van der Waals surface area contributed by atoms with Gasteiger partial charge in [0.05, 0.1) is 17.4 Å². The van der Waals surface area contributed by atoms with Crippen LogP contribution in [-0.2, 0) is 11.3 Å². The lowest BCUT2D eigenvalue weighted by molar-refractivity contribution is -0.118. The highest BCUT2D eigenvalue weighted by Crippen LogP contribution is 2.22. The number of carbonyl (C=O) groups is 1. The summed E-state index contributed by atoms with van der Waals surface area (Å²) in [6.07, 6.45) is 7.73. The second-order valence-electron chi connectivity index (χ2n) is 8.64. The molecule has 0 saturated heterocycles. The van der Waals surface area contributed by atoms with Crippen LogP contribution in [0.4, 0.5) is 5.69 Å². The Balaban J connectivity index is 1.25. The van der Waals surface area contributed by atoms with Crippen molar-refractivity contribution in [2.75, 3.05) is 25.0 Å². The lowest BCUT2D eigenvalue weighted by Gasteiger charge is -2.26. The van der Waals surface area contributed by atoms with Crippen LogP contribution in [0.5, 0.6) is 0 Å². The molecule has 5 nitrogen and oxygen atoms in total. The fourth-order valence-corrected chi connectivity index (χ4v) is 4.05. The molecule has 1 N–H and O–H groups in total. The molecule has 162 valence electrons. The van der Waals surface area contributed by atoms with Crippen molar-refractivity contribution in [1.82, 2.24) is 14.5 Å². The van der Waals surface area contributed by atoms with Gasteiger partial charge >= 0.3 is 0 Å². The van der Waals surface area contributed by atoms with Gasteiger partial charge in [0.25, 0.3) is 0 Å². The molecular formula is C26H32N4O. The molecule has 5 heteroatoms. The normalized spacial score (nSPS) is 14.7. The van der Waals surface area contributed by atoms with E-state index >= 15 is 0 Å². The number of benzene rings is 2. The average molecular weight is 417 g/mol. The number of nitrogens with zero attached hydrogens (tertiary/aromatic N) is 3. The molecule has 1 aromatic heterocycles. The molecule has 0 unspecified atom stereocenters. The number of fused-ring (bicyclic) bond motifs is 1. The SMILES string of the molecule is CC(C)C(=O)Nc1ccc2c(c1)ncn2CCCCN1CC=C(c2ccccc2)CC1. The Hall–Kier alpha value is -2.92. The number of aromatic nitrogens is 2. The van der Waals surface area contributed by atoms with Crippen molar-refractivity contribution in [2.45, 2.75) is 39.7 Å². The van der Waals surface area contributed by atoms with Gasteiger partial charge in [-0.25, -0.2) is 4.98 Å². The third-order valence-corrected chi connectivity index (χ3v) is 5.97. The Kier molecular flexibility index (Phi) is 6.82. The Morgan fingerprint density at radius 3 is 2.65 bits per heavy atom. The maximum Gasteiger partial charge on any atom is 0.226 e. The van der Waals surface area contributed by atoms with Crippen LogP contribution in [0.1, 0.15) is 38.7 Å². The number of aryl methyl sites for hydroxylation is 1.